The molecule has 142 valence electrons. The highest BCUT2D eigenvalue weighted by molar-refractivity contribution is 7.03. The Balaban J connectivity index is 1.57. The highest BCUT2D eigenvalue weighted by Gasteiger charge is 2.18. The van der Waals surface area contributed by atoms with Gasteiger partial charge in [-0.25, -0.2) is 0 Å². The van der Waals surface area contributed by atoms with Crippen molar-refractivity contribution in [1.29, 1.82) is 0 Å². The zero-order valence-corrected chi connectivity index (χ0v) is 16.4. The van der Waals surface area contributed by atoms with Crippen molar-refractivity contribution in [3.63, 3.8) is 0 Å². The Morgan fingerprint density at radius 2 is 2.11 bits per heavy atom. The van der Waals surface area contributed by atoms with Crippen molar-refractivity contribution in [1.82, 2.24) is 24.5 Å². The van der Waals surface area contributed by atoms with Gasteiger partial charge in [-0.2, -0.15) is 5.10 Å². The van der Waals surface area contributed by atoms with Crippen molar-refractivity contribution in [2.45, 2.75) is 27.3 Å². The third-order valence-corrected chi connectivity index (χ3v) is 5.06. The molecule has 28 heavy (non-hydrogen) atoms. The summed E-state index contributed by atoms with van der Waals surface area (Å²) in [5.41, 5.74) is 5.67. The fourth-order valence-electron chi connectivity index (χ4n) is 2.92. The molecule has 4 rings (SSSR count). The minimum atomic E-state index is -0.365. The smallest absolute Gasteiger partial charge is 0.294 e. The number of carbonyl (C=O) groups is 1. The number of hydrogen-bond donors (Lipinski definition) is 1. The van der Waals surface area contributed by atoms with Gasteiger partial charge in [-0.15, -0.1) is 5.10 Å². The van der Waals surface area contributed by atoms with Gasteiger partial charge in [0.05, 0.1) is 6.20 Å². The van der Waals surface area contributed by atoms with Crippen molar-refractivity contribution < 1.29 is 9.32 Å². The second-order valence-electron chi connectivity index (χ2n) is 6.31. The van der Waals surface area contributed by atoms with Gasteiger partial charge in [0.2, 0.25) is 5.76 Å². The van der Waals surface area contributed by atoms with E-state index in [1.54, 1.807) is 12.3 Å². The third-order valence-electron chi connectivity index (χ3n) is 4.55. The number of carbonyl (C=O) groups excluding carboxylic acids is 1. The van der Waals surface area contributed by atoms with Crippen LogP contribution < -0.4 is 5.32 Å². The number of benzene rings is 1. The normalized spacial score (nSPS) is 11.0. The van der Waals surface area contributed by atoms with Crippen LogP contribution in [-0.4, -0.2) is 30.4 Å². The summed E-state index contributed by atoms with van der Waals surface area (Å²) in [7, 11) is 0. The van der Waals surface area contributed by atoms with Crippen LogP contribution in [0.2, 0.25) is 0 Å². The monoisotopic (exact) mass is 394 g/mol. The lowest BCUT2D eigenvalue weighted by molar-refractivity contribution is 0.0988. The first kappa shape index (κ1) is 18.1. The highest BCUT2D eigenvalue weighted by atomic mass is 32.1. The average Bonchev–Trinajstić information content (AvgIpc) is 3.43. The Morgan fingerprint density at radius 3 is 2.82 bits per heavy atom. The standard InChI is InChI=1S/C19H18N6O2S/c1-4-25-12(3)14(9-20-25)16-8-18(27-23-16)19(26)21-15-7-13(6-5-11(15)2)17-10-28-24-22-17/h5-10H,4H2,1-3H3,(H,21,26). The lowest BCUT2D eigenvalue weighted by atomic mass is 10.1. The molecule has 0 aliphatic heterocycles. The summed E-state index contributed by atoms with van der Waals surface area (Å²) in [6.07, 6.45) is 1.73. The molecule has 0 fully saturated rings. The van der Waals surface area contributed by atoms with Crippen LogP contribution >= 0.6 is 11.5 Å². The molecule has 0 saturated carbocycles. The number of nitrogens with one attached hydrogen (secondary N) is 1. The molecule has 1 N–H and O–H groups in total. The van der Waals surface area contributed by atoms with Crippen molar-refractivity contribution >= 4 is 23.1 Å². The second kappa shape index (κ2) is 7.35. The van der Waals surface area contributed by atoms with E-state index in [0.29, 0.717) is 11.4 Å². The summed E-state index contributed by atoms with van der Waals surface area (Å²) in [4.78, 5) is 12.7. The molecule has 3 aromatic heterocycles. The maximum Gasteiger partial charge on any atom is 0.294 e. The molecule has 8 nitrogen and oxygen atoms in total. The largest absolute Gasteiger partial charge is 0.350 e. The first-order valence-corrected chi connectivity index (χ1v) is 9.59. The van der Waals surface area contributed by atoms with Gasteiger partial charge in [0, 0.05) is 40.5 Å². The first-order valence-electron chi connectivity index (χ1n) is 8.75. The van der Waals surface area contributed by atoms with Gasteiger partial charge >= 0.3 is 0 Å². The maximum absolute atomic E-state index is 12.7. The molecular weight excluding hydrogens is 376 g/mol. The molecule has 0 aliphatic carbocycles. The van der Waals surface area contributed by atoms with Gasteiger partial charge in [-0.3, -0.25) is 9.48 Å². The number of aromatic nitrogens is 5. The van der Waals surface area contributed by atoms with E-state index in [9.17, 15) is 4.79 Å². The Bertz CT molecular complexity index is 1130. The second-order valence-corrected chi connectivity index (χ2v) is 6.92. The molecular formula is C19H18N6O2S. The van der Waals surface area contributed by atoms with Crippen LogP contribution in [0.1, 0.15) is 28.7 Å². The Morgan fingerprint density at radius 1 is 1.25 bits per heavy atom. The van der Waals surface area contributed by atoms with Crippen LogP contribution in [0.5, 0.6) is 0 Å². The van der Waals surface area contributed by atoms with Gasteiger partial charge in [-0.1, -0.05) is 21.8 Å². The topological polar surface area (TPSA) is 98.7 Å². The molecule has 4 aromatic rings. The Hall–Kier alpha value is -3.33. The number of nitrogens with zero attached hydrogens (tertiary/aromatic N) is 5. The first-order chi connectivity index (χ1) is 13.6. The minimum absolute atomic E-state index is 0.138. The van der Waals surface area contributed by atoms with Crippen LogP contribution in [0.15, 0.2) is 40.4 Å². The zero-order valence-electron chi connectivity index (χ0n) is 15.6. The van der Waals surface area contributed by atoms with Crippen LogP contribution in [0.25, 0.3) is 22.5 Å². The number of hydrogen-bond acceptors (Lipinski definition) is 7. The molecule has 1 aromatic carbocycles. The van der Waals surface area contributed by atoms with Crippen molar-refractivity contribution in [3.05, 3.63) is 52.9 Å². The van der Waals surface area contributed by atoms with E-state index in [2.05, 4.69) is 25.2 Å². The van der Waals surface area contributed by atoms with E-state index in [4.69, 9.17) is 4.52 Å². The fourth-order valence-corrected chi connectivity index (χ4v) is 3.38. The number of amides is 1. The van der Waals surface area contributed by atoms with Crippen LogP contribution in [0, 0.1) is 13.8 Å². The lowest BCUT2D eigenvalue weighted by Crippen LogP contribution is -2.12. The van der Waals surface area contributed by atoms with E-state index in [1.807, 2.05) is 49.0 Å². The fraction of sp³-hybridized carbons (Fsp3) is 0.211. The predicted octanol–water partition coefficient (Wildman–Crippen LogP) is 3.95. The van der Waals surface area contributed by atoms with Crippen LogP contribution in [0.4, 0.5) is 5.69 Å². The Kier molecular flexibility index (Phi) is 4.74. The lowest BCUT2D eigenvalue weighted by Gasteiger charge is -2.08. The number of anilines is 1. The summed E-state index contributed by atoms with van der Waals surface area (Å²) < 4.78 is 11.0. The molecule has 0 atom stereocenters. The van der Waals surface area contributed by atoms with Crippen LogP contribution in [-0.2, 0) is 6.54 Å². The van der Waals surface area contributed by atoms with E-state index in [1.165, 1.54) is 11.5 Å². The average molecular weight is 394 g/mol. The van der Waals surface area contributed by atoms with Gasteiger partial charge in [0.25, 0.3) is 5.91 Å². The summed E-state index contributed by atoms with van der Waals surface area (Å²) in [5, 5.41) is 17.1. The Labute approximate surface area is 165 Å². The van der Waals surface area contributed by atoms with Crippen LogP contribution in [0.3, 0.4) is 0 Å². The molecule has 9 heteroatoms. The molecule has 0 bridgehead atoms. The predicted molar refractivity (Wildman–Crippen MR) is 106 cm³/mol. The quantitative estimate of drug-likeness (QED) is 0.550. The highest BCUT2D eigenvalue weighted by Crippen LogP contribution is 2.26. The molecule has 0 aliphatic rings. The molecule has 3 heterocycles. The summed E-state index contributed by atoms with van der Waals surface area (Å²) in [6, 6.07) is 7.38. The van der Waals surface area contributed by atoms with Crippen molar-refractivity contribution in [3.8, 4) is 22.5 Å². The van der Waals surface area contributed by atoms with E-state index in [0.717, 1.165) is 34.6 Å². The number of aryl methyl sites for hydroxylation is 2. The SMILES string of the molecule is CCn1ncc(-c2cc(C(=O)Nc3cc(-c4csnn4)ccc3C)on2)c1C. The molecule has 0 unspecified atom stereocenters. The van der Waals surface area contributed by atoms with Gasteiger partial charge in [0.1, 0.15) is 11.4 Å². The number of rotatable bonds is 5. The van der Waals surface area contributed by atoms with Gasteiger partial charge in [0.15, 0.2) is 0 Å². The summed E-state index contributed by atoms with van der Waals surface area (Å²) in [6.45, 7) is 6.67. The van der Waals surface area contributed by atoms with Gasteiger partial charge in [-0.05, 0) is 43.9 Å². The molecule has 0 saturated heterocycles. The zero-order chi connectivity index (χ0) is 19.7. The van der Waals surface area contributed by atoms with E-state index < -0.39 is 0 Å². The van der Waals surface area contributed by atoms with Gasteiger partial charge < -0.3 is 9.84 Å². The molecule has 0 radical (unpaired) electrons. The minimum Gasteiger partial charge on any atom is -0.350 e. The summed E-state index contributed by atoms with van der Waals surface area (Å²) in [5.74, 6) is -0.227. The van der Waals surface area contributed by atoms with E-state index >= 15 is 0 Å². The summed E-state index contributed by atoms with van der Waals surface area (Å²) >= 11 is 1.28. The van der Waals surface area contributed by atoms with Crippen molar-refractivity contribution in [2.24, 2.45) is 0 Å². The van der Waals surface area contributed by atoms with E-state index in [-0.39, 0.29) is 11.7 Å². The third kappa shape index (κ3) is 3.31. The molecule has 1 amide bonds. The van der Waals surface area contributed by atoms with Crippen molar-refractivity contribution in [2.75, 3.05) is 5.32 Å². The molecule has 0 spiro atoms. The maximum atomic E-state index is 12.7.